The van der Waals surface area contributed by atoms with Crippen LogP contribution in [-0.2, 0) is 14.9 Å². The average Bonchev–Trinajstić information content (AvgIpc) is 3.00. The van der Waals surface area contributed by atoms with E-state index in [1.165, 1.54) is 7.11 Å². The van der Waals surface area contributed by atoms with Crippen molar-refractivity contribution in [2.45, 2.75) is 18.3 Å². The number of ether oxygens (including phenoxy) is 3. The smallest absolute Gasteiger partial charge is 0.316 e. The van der Waals surface area contributed by atoms with Crippen molar-refractivity contribution in [1.82, 2.24) is 0 Å². The second kappa shape index (κ2) is 3.29. The summed E-state index contributed by atoms with van der Waals surface area (Å²) < 4.78 is 15.4. The molecule has 0 unspecified atom stereocenters. The Morgan fingerprint density at radius 3 is 2.82 bits per heavy atom. The second-order valence-electron chi connectivity index (χ2n) is 4.37. The summed E-state index contributed by atoms with van der Waals surface area (Å²) in [6, 6.07) is 3.60. The highest BCUT2D eigenvalue weighted by molar-refractivity contribution is 5.87. The molecule has 0 bridgehead atoms. The molecule has 1 aromatic rings. The van der Waals surface area contributed by atoms with E-state index in [-0.39, 0.29) is 12.8 Å². The largest absolute Gasteiger partial charge is 0.468 e. The first kappa shape index (κ1) is 10.3. The Balaban J connectivity index is 2.05. The number of methoxy groups -OCH3 is 1. The van der Waals surface area contributed by atoms with Crippen molar-refractivity contribution in [2.75, 3.05) is 19.6 Å². The summed E-state index contributed by atoms with van der Waals surface area (Å²) in [7, 11) is 1.40. The van der Waals surface area contributed by atoms with Crippen LogP contribution in [0.5, 0.6) is 11.5 Å². The quantitative estimate of drug-likeness (QED) is 0.616. The molecule has 3 rings (SSSR count). The molecule has 1 saturated carbocycles. The van der Waals surface area contributed by atoms with Crippen molar-refractivity contribution >= 4 is 11.7 Å². The van der Waals surface area contributed by atoms with Crippen LogP contribution < -0.4 is 15.2 Å². The lowest BCUT2D eigenvalue weighted by Gasteiger charge is -2.14. The van der Waals surface area contributed by atoms with E-state index < -0.39 is 5.41 Å². The van der Waals surface area contributed by atoms with Crippen LogP contribution in [0, 0.1) is 0 Å². The zero-order chi connectivity index (χ0) is 12.0. The van der Waals surface area contributed by atoms with Gasteiger partial charge in [-0.3, -0.25) is 4.79 Å². The van der Waals surface area contributed by atoms with Crippen LogP contribution >= 0.6 is 0 Å². The van der Waals surface area contributed by atoms with Crippen molar-refractivity contribution in [2.24, 2.45) is 0 Å². The molecule has 1 aliphatic carbocycles. The van der Waals surface area contributed by atoms with Crippen molar-refractivity contribution in [3.63, 3.8) is 0 Å². The lowest BCUT2D eigenvalue weighted by Crippen LogP contribution is -2.21. The predicted molar refractivity (Wildman–Crippen MR) is 59.9 cm³/mol. The van der Waals surface area contributed by atoms with Crippen LogP contribution in [0.1, 0.15) is 18.4 Å². The van der Waals surface area contributed by atoms with E-state index in [1.54, 1.807) is 6.07 Å². The Morgan fingerprint density at radius 2 is 2.18 bits per heavy atom. The Morgan fingerprint density at radius 1 is 1.41 bits per heavy atom. The first-order chi connectivity index (χ1) is 8.17. The monoisotopic (exact) mass is 235 g/mol. The summed E-state index contributed by atoms with van der Waals surface area (Å²) in [5.41, 5.74) is 6.72. The Kier molecular flexibility index (Phi) is 1.98. The number of nitrogen functional groups attached to an aromatic ring is 1. The van der Waals surface area contributed by atoms with Crippen LogP contribution in [0.3, 0.4) is 0 Å². The highest BCUT2D eigenvalue weighted by Crippen LogP contribution is 2.52. The molecule has 0 saturated heterocycles. The minimum absolute atomic E-state index is 0.175. The third kappa shape index (κ3) is 1.35. The van der Waals surface area contributed by atoms with Crippen LogP contribution in [0.25, 0.3) is 0 Å². The molecule has 2 N–H and O–H groups in total. The van der Waals surface area contributed by atoms with Crippen LogP contribution in [-0.4, -0.2) is 19.9 Å². The fourth-order valence-corrected chi connectivity index (χ4v) is 2.24. The third-order valence-electron chi connectivity index (χ3n) is 3.38. The number of nitrogens with two attached hydrogens (primary N) is 1. The van der Waals surface area contributed by atoms with E-state index in [0.717, 1.165) is 18.4 Å². The van der Waals surface area contributed by atoms with E-state index in [1.807, 2.05) is 6.07 Å². The molecule has 1 fully saturated rings. The van der Waals surface area contributed by atoms with Gasteiger partial charge in [0.2, 0.25) is 6.79 Å². The van der Waals surface area contributed by atoms with Crippen molar-refractivity contribution in [3.05, 3.63) is 17.7 Å². The van der Waals surface area contributed by atoms with Gasteiger partial charge >= 0.3 is 5.97 Å². The summed E-state index contributed by atoms with van der Waals surface area (Å²) in [6.07, 6.45) is 1.58. The number of hydrogen-bond acceptors (Lipinski definition) is 5. The number of fused-ring (bicyclic) bond motifs is 1. The maximum absolute atomic E-state index is 11.8. The van der Waals surface area contributed by atoms with Gasteiger partial charge in [0.25, 0.3) is 0 Å². The number of rotatable bonds is 2. The number of hydrogen-bond donors (Lipinski definition) is 1. The van der Waals surface area contributed by atoms with Crippen LogP contribution in [0.15, 0.2) is 12.1 Å². The molecule has 1 heterocycles. The van der Waals surface area contributed by atoms with E-state index in [9.17, 15) is 4.79 Å². The van der Waals surface area contributed by atoms with Gasteiger partial charge in [0.1, 0.15) is 0 Å². The van der Waals surface area contributed by atoms with Gasteiger partial charge in [0.15, 0.2) is 11.5 Å². The molecule has 1 aliphatic heterocycles. The summed E-state index contributed by atoms with van der Waals surface area (Å²) in [5.74, 6) is 0.959. The number of esters is 1. The highest BCUT2D eigenvalue weighted by atomic mass is 16.7. The standard InChI is InChI=1S/C12H13NO4/c1-15-11(14)12(2-3-12)7-4-8(13)10-9(5-7)16-6-17-10/h4-5H,2-3,6,13H2,1H3. The molecular weight excluding hydrogens is 222 g/mol. The number of anilines is 1. The highest BCUT2D eigenvalue weighted by Gasteiger charge is 2.53. The molecule has 0 radical (unpaired) electrons. The van der Waals surface area contributed by atoms with Gasteiger partial charge in [-0.1, -0.05) is 0 Å². The number of benzene rings is 1. The van der Waals surface area contributed by atoms with E-state index in [2.05, 4.69) is 0 Å². The lowest BCUT2D eigenvalue weighted by atomic mass is 9.95. The SMILES string of the molecule is COC(=O)C1(c2cc(N)c3c(c2)OCO3)CC1. The molecule has 0 amide bonds. The lowest BCUT2D eigenvalue weighted by molar-refractivity contribution is -0.143. The molecule has 0 atom stereocenters. The molecule has 0 aromatic heterocycles. The molecular formula is C12H13NO4. The number of carbonyl (C=O) groups excluding carboxylic acids is 1. The summed E-state index contributed by atoms with van der Waals surface area (Å²) in [6.45, 7) is 0.175. The minimum Gasteiger partial charge on any atom is -0.468 e. The van der Waals surface area contributed by atoms with Gasteiger partial charge in [0.05, 0.1) is 18.2 Å². The van der Waals surface area contributed by atoms with E-state index >= 15 is 0 Å². The van der Waals surface area contributed by atoms with E-state index in [0.29, 0.717) is 17.2 Å². The summed E-state index contributed by atoms with van der Waals surface area (Å²) in [4.78, 5) is 11.8. The Labute approximate surface area is 98.5 Å². The molecule has 17 heavy (non-hydrogen) atoms. The first-order valence-corrected chi connectivity index (χ1v) is 5.45. The minimum atomic E-state index is -0.524. The fraction of sp³-hybridized carbons (Fsp3) is 0.417. The van der Waals surface area contributed by atoms with Gasteiger partial charge in [-0.25, -0.2) is 0 Å². The Bertz CT molecular complexity index is 494. The summed E-state index contributed by atoms with van der Waals surface area (Å²) >= 11 is 0. The molecule has 1 aromatic carbocycles. The zero-order valence-electron chi connectivity index (χ0n) is 9.49. The molecule has 5 nitrogen and oxygen atoms in total. The second-order valence-corrected chi connectivity index (χ2v) is 4.37. The van der Waals surface area contributed by atoms with Gasteiger partial charge in [-0.15, -0.1) is 0 Å². The van der Waals surface area contributed by atoms with Gasteiger partial charge < -0.3 is 19.9 Å². The average molecular weight is 235 g/mol. The van der Waals surface area contributed by atoms with Gasteiger partial charge in [-0.05, 0) is 30.5 Å². The normalized spacial score (nSPS) is 18.9. The Hall–Kier alpha value is -1.91. The van der Waals surface area contributed by atoms with Crippen LogP contribution in [0.4, 0.5) is 5.69 Å². The maximum atomic E-state index is 11.8. The fourth-order valence-electron chi connectivity index (χ4n) is 2.24. The first-order valence-electron chi connectivity index (χ1n) is 5.45. The summed E-state index contributed by atoms with van der Waals surface area (Å²) in [5, 5.41) is 0. The number of carbonyl (C=O) groups is 1. The molecule has 90 valence electrons. The van der Waals surface area contributed by atoms with Gasteiger partial charge in [-0.2, -0.15) is 0 Å². The third-order valence-corrected chi connectivity index (χ3v) is 3.38. The van der Waals surface area contributed by atoms with E-state index in [4.69, 9.17) is 19.9 Å². The molecule has 2 aliphatic rings. The van der Waals surface area contributed by atoms with Crippen molar-refractivity contribution in [3.8, 4) is 11.5 Å². The molecule has 0 spiro atoms. The zero-order valence-corrected chi connectivity index (χ0v) is 9.49. The van der Waals surface area contributed by atoms with Crippen molar-refractivity contribution < 1.29 is 19.0 Å². The maximum Gasteiger partial charge on any atom is 0.316 e. The predicted octanol–water partition coefficient (Wildman–Crippen LogP) is 1.20. The van der Waals surface area contributed by atoms with Crippen LogP contribution in [0.2, 0.25) is 0 Å². The topological polar surface area (TPSA) is 70.8 Å². The van der Waals surface area contributed by atoms with Gasteiger partial charge in [0, 0.05) is 0 Å². The van der Waals surface area contributed by atoms with Crippen molar-refractivity contribution in [1.29, 1.82) is 0 Å². The molecule has 5 heteroatoms.